The standard InChI is InChI=1S/C16H23NO4/c1-21-14-9-6-5-8-13(14)12-15(18)17-11-7-3-2-4-10-16(19)20/h5-6,8-9H,2-4,7,10-12H2,1H3,(H,17,18)(H,19,20). The van der Waals surface area contributed by atoms with Crippen molar-refractivity contribution in [2.75, 3.05) is 13.7 Å². The second-order valence-electron chi connectivity index (χ2n) is 4.90. The highest BCUT2D eigenvalue weighted by Gasteiger charge is 2.07. The molecule has 0 aromatic heterocycles. The van der Waals surface area contributed by atoms with Crippen LogP contribution in [0.25, 0.3) is 0 Å². The molecule has 0 aliphatic heterocycles. The van der Waals surface area contributed by atoms with Gasteiger partial charge in [0.15, 0.2) is 0 Å². The third kappa shape index (κ3) is 7.34. The van der Waals surface area contributed by atoms with Gasteiger partial charge in [-0.2, -0.15) is 0 Å². The van der Waals surface area contributed by atoms with Crippen molar-refractivity contribution in [1.82, 2.24) is 5.32 Å². The number of unbranched alkanes of at least 4 members (excludes halogenated alkanes) is 3. The van der Waals surface area contributed by atoms with E-state index in [2.05, 4.69) is 5.32 Å². The van der Waals surface area contributed by atoms with Gasteiger partial charge in [-0.25, -0.2) is 0 Å². The maximum atomic E-state index is 11.8. The van der Waals surface area contributed by atoms with Crippen LogP contribution < -0.4 is 10.1 Å². The number of para-hydroxylation sites is 1. The fourth-order valence-electron chi connectivity index (χ4n) is 2.07. The molecule has 1 rings (SSSR count). The number of rotatable bonds is 10. The van der Waals surface area contributed by atoms with Crippen LogP contribution in [0.5, 0.6) is 5.75 Å². The second-order valence-corrected chi connectivity index (χ2v) is 4.90. The predicted octanol–water partition coefficient (Wildman–Crippen LogP) is 2.39. The van der Waals surface area contributed by atoms with Gasteiger partial charge in [-0.05, 0) is 18.9 Å². The smallest absolute Gasteiger partial charge is 0.303 e. The van der Waals surface area contributed by atoms with Crippen LogP contribution in [0.2, 0.25) is 0 Å². The molecular weight excluding hydrogens is 270 g/mol. The zero-order chi connectivity index (χ0) is 15.5. The van der Waals surface area contributed by atoms with Crippen molar-refractivity contribution in [3.63, 3.8) is 0 Å². The first-order chi connectivity index (χ1) is 10.1. The number of carboxylic acids is 1. The number of carbonyl (C=O) groups excluding carboxylic acids is 1. The molecule has 1 aromatic rings. The van der Waals surface area contributed by atoms with E-state index in [4.69, 9.17) is 9.84 Å². The maximum absolute atomic E-state index is 11.8. The largest absolute Gasteiger partial charge is 0.496 e. The Bertz CT molecular complexity index is 459. The summed E-state index contributed by atoms with van der Waals surface area (Å²) in [4.78, 5) is 22.2. The van der Waals surface area contributed by atoms with E-state index in [1.165, 1.54) is 0 Å². The van der Waals surface area contributed by atoms with E-state index < -0.39 is 5.97 Å². The van der Waals surface area contributed by atoms with E-state index in [0.29, 0.717) is 19.4 Å². The lowest BCUT2D eigenvalue weighted by Crippen LogP contribution is -2.26. The molecule has 0 saturated carbocycles. The summed E-state index contributed by atoms with van der Waals surface area (Å²) in [6.07, 6.45) is 3.92. The molecule has 0 unspecified atom stereocenters. The zero-order valence-corrected chi connectivity index (χ0v) is 12.4. The van der Waals surface area contributed by atoms with Gasteiger partial charge in [0.05, 0.1) is 13.5 Å². The first-order valence-corrected chi connectivity index (χ1v) is 7.24. The third-order valence-corrected chi connectivity index (χ3v) is 3.18. The molecule has 0 radical (unpaired) electrons. The number of ether oxygens (including phenoxy) is 1. The van der Waals surface area contributed by atoms with Crippen LogP contribution in [0.4, 0.5) is 0 Å². The second kappa shape index (κ2) is 9.80. The summed E-state index contributed by atoms with van der Waals surface area (Å²) in [6.45, 7) is 0.626. The molecule has 0 heterocycles. The SMILES string of the molecule is COc1ccccc1CC(=O)NCCCCCCC(=O)O. The molecule has 1 amide bonds. The minimum absolute atomic E-state index is 0.0231. The average molecular weight is 293 g/mol. The summed E-state index contributed by atoms with van der Waals surface area (Å²) in [7, 11) is 1.59. The number of methoxy groups -OCH3 is 1. The summed E-state index contributed by atoms with van der Waals surface area (Å²) in [5, 5.41) is 11.4. The number of hydrogen-bond acceptors (Lipinski definition) is 3. The normalized spacial score (nSPS) is 10.1. The third-order valence-electron chi connectivity index (χ3n) is 3.18. The van der Waals surface area contributed by atoms with Crippen molar-refractivity contribution in [1.29, 1.82) is 0 Å². The van der Waals surface area contributed by atoms with Crippen molar-refractivity contribution in [3.8, 4) is 5.75 Å². The number of amides is 1. The number of carboxylic acid groups (broad SMARTS) is 1. The lowest BCUT2D eigenvalue weighted by atomic mass is 10.1. The molecule has 116 valence electrons. The minimum atomic E-state index is -0.750. The van der Waals surface area contributed by atoms with Gasteiger partial charge in [-0.3, -0.25) is 9.59 Å². The summed E-state index contributed by atoms with van der Waals surface area (Å²) < 4.78 is 5.21. The molecular formula is C16H23NO4. The van der Waals surface area contributed by atoms with Crippen LogP contribution in [0.1, 0.15) is 37.7 Å². The average Bonchev–Trinajstić information content (AvgIpc) is 2.46. The number of aliphatic carboxylic acids is 1. The first kappa shape index (κ1) is 17.0. The van der Waals surface area contributed by atoms with Crippen LogP contribution in [-0.2, 0) is 16.0 Å². The van der Waals surface area contributed by atoms with Crippen molar-refractivity contribution in [3.05, 3.63) is 29.8 Å². The minimum Gasteiger partial charge on any atom is -0.496 e. The van der Waals surface area contributed by atoms with E-state index in [-0.39, 0.29) is 12.3 Å². The van der Waals surface area contributed by atoms with Crippen LogP contribution in [0.15, 0.2) is 24.3 Å². The highest BCUT2D eigenvalue weighted by atomic mass is 16.5. The van der Waals surface area contributed by atoms with Gasteiger partial charge in [0.25, 0.3) is 0 Å². The Hall–Kier alpha value is -2.04. The van der Waals surface area contributed by atoms with Crippen LogP contribution >= 0.6 is 0 Å². The molecule has 0 aliphatic carbocycles. The highest BCUT2D eigenvalue weighted by Crippen LogP contribution is 2.17. The van der Waals surface area contributed by atoms with Gasteiger partial charge in [0.2, 0.25) is 5.91 Å². The van der Waals surface area contributed by atoms with Crippen molar-refractivity contribution >= 4 is 11.9 Å². The Kier molecular flexibility index (Phi) is 7.94. The van der Waals surface area contributed by atoms with Gasteiger partial charge in [-0.15, -0.1) is 0 Å². The molecule has 0 atom stereocenters. The highest BCUT2D eigenvalue weighted by molar-refractivity contribution is 5.79. The Morgan fingerprint density at radius 2 is 1.86 bits per heavy atom. The number of benzene rings is 1. The maximum Gasteiger partial charge on any atom is 0.303 e. The molecule has 5 heteroatoms. The summed E-state index contributed by atoms with van der Waals surface area (Å²) in [5.74, 6) is -0.0496. The molecule has 21 heavy (non-hydrogen) atoms. The van der Waals surface area contributed by atoms with Crippen LogP contribution in [0, 0.1) is 0 Å². The van der Waals surface area contributed by atoms with E-state index >= 15 is 0 Å². The Morgan fingerprint density at radius 1 is 1.14 bits per heavy atom. The molecule has 0 bridgehead atoms. The van der Waals surface area contributed by atoms with Crippen molar-refractivity contribution in [2.24, 2.45) is 0 Å². The van der Waals surface area contributed by atoms with Gasteiger partial charge in [0.1, 0.15) is 5.75 Å². The first-order valence-electron chi connectivity index (χ1n) is 7.24. The topological polar surface area (TPSA) is 75.6 Å². The quantitative estimate of drug-likeness (QED) is 0.649. The summed E-state index contributed by atoms with van der Waals surface area (Å²) >= 11 is 0. The Balaban J connectivity index is 2.15. The molecule has 1 aromatic carbocycles. The summed E-state index contributed by atoms with van der Waals surface area (Å²) in [6, 6.07) is 7.47. The van der Waals surface area contributed by atoms with Crippen LogP contribution in [0.3, 0.4) is 0 Å². The molecule has 0 saturated heterocycles. The predicted molar refractivity (Wildman–Crippen MR) is 80.4 cm³/mol. The Morgan fingerprint density at radius 3 is 2.57 bits per heavy atom. The van der Waals surface area contributed by atoms with Crippen molar-refractivity contribution < 1.29 is 19.4 Å². The van der Waals surface area contributed by atoms with Gasteiger partial charge in [0, 0.05) is 18.5 Å². The molecule has 0 aliphatic rings. The zero-order valence-electron chi connectivity index (χ0n) is 12.4. The fraction of sp³-hybridized carbons (Fsp3) is 0.500. The monoisotopic (exact) mass is 293 g/mol. The molecule has 0 fully saturated rings. The molecule has 5 nitrogen and oxygen atoms in total. The van der Waals surface area contributed by atoms with E-state index in [1.54, 1.807) is 7.11 Å². The number of carbonyl (C=O) groups is 2. The van der Waals surface area contributed by atoms with E-state index in [9.17, 15) is 9.59 Å². The lowest BCUT2D eigenvalue weighted by molar-refractivity contribution is -0.137. The molecule has 0 spiro atoms. The Labute approximate surface area is 125 Å². The number of nitrogens with one attached hydrogen (secondary N) is 1. The van der Waals surface area contributed by atoms with E-state index in [1.807, 2.05) is 24.3 Å². The van der Waals surface area contributed by atoms with Gasteiger partial charge in [-0.1, -0.05) is 31.0 Å². The summed E-state index contributed by atoms with van der Waals surface area (Å²) in [5.41, 5.74) is 0.874. The van der Waals surface area contributed by atoms with Crippen LogP contribution in [-0.4, -0.2) is 30.6 Å². The van der Waals surface area contributed by atoms with E-state index in [0.717, 1.165) is 30.6 Å². The molecule has 2 N–H and O–H groups in total. The number of hydrogen-bond donors (Lipinski definition) is 2. The fourth-order valence-corrected chi connectivity index (χ4v) is 2.07. The van der Waals surface area contributed by atoms with Gasteiger partial charge < -0.3 is 15.2 Å². The van der Waals surface area contributed by atoms with Crippen molar-refractivity contribution in [2.45, 2.75) is 38.5 Å². The van der Waals surface area contributed by atoms with Gasteiger partial charge >= 0.3 is 5.97 Å². The lowest BCUT2D eigenvalue weighted by Gasteiger charge is -2.08.